The van der Waals surface area contributed by atoms with Crippen molar-refractivity contribution in [3.63, 3.8) is 0 Å². The molecule has 2 amide bonds. The van der Waals surface area contributed by atoms with Crippen LogP contribution in [0.3, 0.4) is 0 Å². The maximum Gasteiger partial charge on any atom is 0.416 e. The molecule has 1 aliphatic heterocycles. The topological polar surface area (TPSA) is 74.7 Å². The monoisotopic (exact) mass is 440 g/mol. The molecule has 2 aromatic rings. The molecule has 0 spiro atoms. The molecule has 0 bridgehead atoms. The van der Waals surface area contributed by atoms with Gasteiger partial charge < -0.3 is 5.32 Å². The molecular weight excluding hydrogens is 425 g/mol. The Hall–Kier alpha value is -2.66. The summed E-state index contributed by atoms with van der Waals surface area (Å²) in [5.41, 5.74) is -0.229. The number of halogens is 3. The first kappa shape index (κ1) is 21.1. The summed E-state index contributed by atoms with van der Waals surface area (Å²) < 4.78 is 38.5. The molecule has 0 aliphatic carbocycles. The van der Waals surface area contributed by atoms with Gasteiger partial charge >= 0.3 is 6.18 Å². The largest absolute Gasteiger partial charge is 0.416 e. The fraction of sp³-hybridized carbons (Fsp3) is 0.222. The van der Waals surface area contributed by atoms with E-state index in [-0.39, 0.29) is 16.8 Å². The Morgan fingerprint density at radius 3 is 2.79 bits per heavy atom. The number of aromatic nitrogens is 1. The predicted octanol–water partition coefficient (Wildman–Crippen LogP) is 4.43. The molecule has 1 aromatic carbocycles. The standard InChI is InChI=1S/C18H15F3N4O2S2/c1-3-25(10(2)26)17-23-13(9-28-17)8-14-15(27)24-16(29-14)22-12-6-4-5-11(7-12)18(19,20)21/h4-9H,3H2,1-2H3,(H,22,24,27). The van der Waals surface area contributed by atoms with Gasteiger partial charge in [-0.2, -0.15) is 13.2 Å². The molecule has 0 radical (unpaired) electrons. The third kappa shape index (κ3) is 5.04. The predicted molar refractivity (Wildman–Crippen MR) is 108 cm³/mol. The Bertz CT molecular complexity index is 1010. The highest BCUT2D eigenvalue weighted by Gasteiger charge is 2.30. The number of hydrogen-bond donors (Lipinski definition) is 1. The van der Waals surface area contributed by atoms with Crippen LogP contribution in [0.25, 0.3) is 6.08 Å². The second-order valence-electron chi connectivity index (χ2n) is 5.85. The minimum Gasteiger partial charge on any atom is -0.300 e. The van der Waals surface area contributed by atoms with Crippen LogP contribution in [0.5, 0.6) is 0 Å². The normalized spacial score (nSPS) is 17.1. The molecule has 152 valence electrons. The van der Waals surface area contributed by atoms with E-state index in [1.54, 1.807) is 11.5 Å². The Kier molecular flexibility index (Phi) is 6.08. The van der Waals surface area contributed by atoms with E-state index in [2.05, 4.69) is 15.3 Å². The molecule has 1 fully saturated rings. The third-order valence-corrected chi connectivity index (χ3v) is 5.56. The van der Waals surface area contributed by atoms with Gasteiger partial charge in [0.25, 0.3) is 5.91 Å². The number of anilines is 1. The van der Waals surface area contributed by atoms with Crippen LogP contribution in [-0.4, -0.2) is 28.5 Å². The molecule has 11 heteroatoms. The Morgan fingerprint density at radius 2 is 2.14 bits per heavy atom. The maximum atomic E-state index is 12.8. The molecule has 29 heavy (non-hydrogen) atoms. The van der Waals surface area contributed by atoms with Gasteiger partial charge in [-0.15, -0.1) is 11.3 Å². The summed E-state index contributed by atoms with van der Waals surface area (Å²) in [6.45, 7) is 3.75. The zero-order valence-corrected chi connectivity index (χ0v) is 16.9. The average Bonchev–Trinajstić information content (AvgIpc) is 3.22. The van der Waals surface area contributed by atoms with Gasteiger partial charge in [0, 0.05) is 18.8 Å². The summed E-state index contributed by atoms with van der Waals surface area (Å²) in [6, 6.07) is 4.54. The summed E-state index contributed by atoms with van der Waals surface area (Å²) in [5.74, 6) is -0.557. The first-order valence-corrected chi connectivity index (χ1v) is 10.1. The van der Waals surface area contributed by atoms with E-state index in [4.69, 9.17) is 0 Å². The molecule has 2 heterocycles. The zero-order chi connectivity index (χ0) is 21.2. The van der Waals surface area contributed by atoms with E-state index in [0.717, 1.165) is 23.9 Å². The number of amidine groups is 1. The van der Waals surface area contributed by atoms with E-state index in [1.807, 2.05) is 6.92 Å². The fourth-order valence-electron chi connectivity index (χ4n) is 2.44. The number of carbonyl (C=O) groups is 2. The number of rotatable bonds is 4. The first-order valence-electron chi connectivity index (χ1n) is 8.38. The van der Waals surface area contributed by atoms with Crippen molar-refractivity contribution in [1.82, 2.24) is 10.3 Å². The quantitative estimate of drug-likeness (QED) is 0.714. The molecule has 1 aromatic heterocycles. The number of thioether (sulfide) groups is 1. The number of aliphatic imine (C=N–C) groups is 1. The van der Waals surface area contributed by atoms with Crippen molar-refractivity contribution in [2.45, 2.75) is 20.0 Å². The molecule has 0 saturated carbocycles. The summed E-state index contributed by atoms with van der Waals surface area (Å²) in [4.78, 5) is 34.0. The number of benzene rings is 1. The van der Waals surface area contributed by atoms with E-state index in [9.17, 15) is 22.8 Å². The summed E-state index contributed by atoms with van der Waals surface area (Å²) in [6.07, 6.45) is -2.93. The van der Waals surface area contributed by atoms with Crippen LogP contribution in [0.1, 0.15) is 25.1 Å². The Labute approximate surface area is 172 Å². The van der Waals surface area contributed by atoms with Crippen LogP contribution < -0.4 is 10.2 Å². The lowest BCUT2D eigenvalue weighted by Crippen LogP contribution is -2.27. The second-order valence-corrected chi connectivity index (χ2v) is 7.72. The van der Waals surface area contributed by atoms with E-state index < -0.39 is 17.6 Å². The van der Waals surface area contributed by atoms with E-state index in [0.29, 0.717) is 22.3 Å². The highest BCUT2D eigenvalue weighted by atomic mass is 32.2. The molecule has 1 N–H and O–H groups in total. The molecule has 1 saturated heterocycles. The van der Waals surface area contributed by atoms with E-state index >= 15 is 0 Å². The lowest BCUT2D eigenvalue weighted by Gasteiger charge is -2.14. The molecule has 0 atom stereocenters. The van der Waals surface area contributed by atoms with Gasteiger partial charge in [-0.3, -0.25) is 14.5 Å². The SMILES string of the molecule is CCN(C(C)=O)c1nc(C=C2SC(=Nc3cccc(C(F)(F)F)c3)NC2=O)cs1. The number of nitrogens with one attached hydrogen (secondary N) is 1. The number of carbonyl (C=O) groups excluding carboxylic acids is 2. The molecule has 3 rings (SSSR count). The van der Waals surface area contributed by atoms with Crippen molar-refractivity contribution < 1.29 is 22.8 Å². The first-order chi connectivity index (χ1) is 13.7. The van der Waals surface area contributed by atoms with E-state index in [1.165, 1.54) is 35.3 Å². The van der Waals surface area contributed by atoms with Crippen molar-refractivity contribution >= 4 is 57.0 Å². The van der Waals surface area contributed by atoms with Gasteiger partial charge in [0.05, 0.1) is 21.8 Å². The molecular formula is C18H15F3N4O2S2. The Balaban J connectivity index is 1.80. The minimum atomic E-state index is -4.47. The minimum absolute atomic E-state index is 0.0832. The van der Waals surface area contributed by atoms with Gasteiger partial charge in [0.1, 0.15) is 0 Å². The molecule has 0 unspecified atom stereocenters. The van der Waals surface area contributed by atoms with Crippen molar-refractivity contribution in [1.29, 1.82) is 0 Å². The van der Waals surface area contributed by atoms with Crippen LogP contribution in [-0.2, 0) is 15.8 Å². The Morgan fingerprint density at radius 1 is 1.38 bits per heavy atom. The third-order valence-electron chi connectivity index (χ3n) is 3.77. The fourth-order valence-corrected chi connectivity index (χ4v) is 4.16. The van der Waals surface area contributed by atoms with Gasteiger partial charge in [-0.25, -0.2) is 9.98 Å². The zero-order valence-electron chi connectivity index (χ0n) is 15.3. The number of alkyl halides is 3. The van der Waals surface area contributed by atoms with Crippen molar-refractivity contribution in [2.24, 2.45) is 4.99 Å². The lowest BCUT2D eigenvalue weighted by atomic mass is 10.2. The maximum absolute atomic E-state index is 12.8. The van der Waals surface area contributed by atoms with Crippen molar-refractivity contribution in [3.05, 3.63) is 45.8 Å². The number of amides is 2. The van der Waals surface area contributed by atoms with Crippen LogP contribution in [0.2, 0.25) is 0 Å². The van der Waals surface area contributed by atoms with Gasteiger partial charge in [0.2, 0.25) is 5.91 Å². The number of nitrogens with zero attached hydrogens (tertiary/aromatic N) is 3. The van der Waals surface area contributed by atoms with Gasteiger partial charge in [-0.05, 0) is 43.0 Å². The number of hydrogen-bond acceptors (Lipinski definition) is 6. The summed E-state index contributed by atoms with van der Waals surface area (Å²) in [5, 5.41) is 4.93. The molecule has 6 nitrogen and oxygen atoms in total. The van der Waals surface area contributed by atoms with Crippen molar-refractivity contribution in [3.8, 4) is 0 Å². The number of thiazole rings is 1. The highest BCUT2D eigenvalue weighted by molar-refractivity contribution is 8.18. The van der Waals surface area contributed by atoms with Gasteiger partial charge in [-0.1, -0.05) is 6.07 Å². The summed E-state index contributed by atoms with van der Waals surface area (Å²) in [7, 11) is 0. The van der Waals surface area contributed by atoms with Crippen LogP contribution in [0.4, 0.5) is 24.0 Å². The highest BCUT2D eigenvalue weighted by Crippen LogP contribution is 2.33. The average molecular weight is 440 g/mol. The van der Waals surface area contributed by atoms with Gasteiger partial charge in [0.15, 0.2) is 10.3 Å². The van der Waals surface area contributed by atoms with Crippen LogP contribution >= 0.6 is 23.1 Å². The smallest absolute Gasteiger partial charge is 0.300 e. The van der Waals surface area contributed by atoms with Crippen LogP contribution in [0, 0.1) is 0 Å². The second kappa shape index (κ2) is 8.37. The summed E-state index contributed by atoms with van der Waals surface area (Å²) >= 11 is 2.28. The van der Waals surface area contributed by atoms with Crippen LogP contribution in [0.15, 0.2) is 39.5 Å². The van der Waals surface area contributed by atoms with Crippen molar-refractivity contribution in [2.75, 3.05) is 11.4 Å². The molecule has 1 aliphatic rings. The lowest BCUT2D eigenvalue weighted by molar-refractivity contribution is -0.137.